The molecular weight excluding hydrogens is 262 g/mol. The van der Waals surface area contributed by atoms with Gasteiger partial charge in [-0.2, -0.15) is 5.10 Å². The van der Waals surface area contributed by atoms with Crippen LogP contribution >= 0.6 is 0 Å². The quantitative estimate of drug-likeness (QED) is 0.799. The van der Waals surface area contributed by atoms with Gasteiger partial charge in [-0.1, -0.05) is 18.2 Å². The molecule has 2 heterocycles. The van der Waals surface area contributed by atoms with Crippen LogP contribution in [0.15, 0.2) is 55.2 Å². The minimum absolute atomic E-state index is 0.255. The Kier molecular flexibility index (Phi) is 2.88. The second-order valence-electron chi connectivity index (χ2n) is 5.14. The van der Waals surface area contributed by atoms with E-state index < -0.39 is 0 Å². The topological polar surface area (TPSA) is 55.6 Å². The lowest BCUT2D eigenvalue weighted by Crippen LogP contribution is -2.11. The maximum atomic E-state index is 4.53. The molecule has 5 nitrogen and oxygen atoms in total. The number of benzene rings is 1. The highest BCUT2D eigenvalue weighted by atomic mass is 15.3. The normalized spacial score (nSPS) is 16.7. The monoisotopic (exact) mass is 277 g/mol. The number of hydrogen-bond donors (Lipinski definition) is 1. The van der Waals surface area contributed by atoms with Crippen LogP contribution in [-0.2, 0) is 6.42 Å². The Hall–Kier alpha value is -2.69. The first-order valence-corrected chi connectivity index (χ1v) is 7.06. The van der Waals surface area contributed by atoms with Crippen molar-refractivity contribution in [2.45, 2.75) is 18.9 Å². The highest BCUT2D eigenvalue weighted by Gasteiger charge is 2.24. The summed E-state index contributed by atoms with van der Waals surface area (Å²) >= 11 is 0. The maximum absolute atomic E-state index is 4.53. The zero-order valence-corrected chi connectivity index (χ0v) is 11.5. The Morgan fingerprint density at radius 1 is 1.14 bits per heavy atom. The molecule has 0 spiro atoms. The van der Waals surface area contributed by atoms with E-state index in [4.69, 9.17) is 0 Å². The van der Waals surface area contributed by atoms with Crippen LogP contribution in [0.1, 0.15) is 23.7 Å². The van der Waals surface area contributed by atoms with E-state index in [0.29, 0.717) is 0 Å². The van der Waals surface area contributed by atoms with Crippen molar-refractivity contribution in [3.05, 3.63) is 66.5 Å². The van der Waals surface area contributed by atoms with Crippen LogP contribution in [0.3, 0.4) is 0 Å². The zero-order chi connectivity index (χ0) is 14.1. The van der Waals surface area contributed by atoms with Crippen molar-refractivity contribution in [2.75, 3.05) is 5.32 Å². The van der Waals surface area contributed by atoms with Gasteiger partial charge in [-0.3, -0.25) is 4.98 Å². The van der Waals surface area contributed by atoms with Gasteiger partial charge in [0.25, 0.3) is 0 Å². The summed E-state index contributed by atoms with van der Waals surface area (Å²) in [6.07, 6.45) is 7.26. The van der Waals surface area contributed by atoms with Gasteiger partial charge < -0.3 is 5.32 Å². The number of rotatable bonds is 3. The highest BCUT2D eigenvalue weighted by molar-refractivity contribution is 5.61. The van der Waals surface area contributed by atoms with Crippen LogP contribution in [0.25, 0.3) is 5.69 Å². The number of pyridine rings is 1. The van der Waals surface area contributed by atoms with Crippen LogP contribution in [0.2, 0.25) is 0 Å². The average molecular weight is 277 g/mol. The molecule has 0 amide bonds. The molecule has 5 heteroatoms. The molecule has 1 aromatic carbocycles. The fourth-order valence-electron chi connectivity index (χ4n) is 2.87. The van der Waals surface area contributed by atoms with E-state index >= 15 is 0 Å². The molecule has 0 saturated heterocycles. The number of aromatic nitrogens is 4. The number of hydrogen-bond acceptors (Lipinski definition) is 4. The Morgan fingerprint density at radius 3 is 3.00 bits per heavy atom. The van der Waals surface area contributed by atoms with E-state index in [-0.39, 0.29) is 6.04 Å². The molecule has 3 aromatic rings. The largest absolute Gasteiger partial charge is 0.375 e. The molecular formula is C16H15N5. The third-order valence-corrected chi connectivity index (χ3v) is 3.86. The standard InChI is InChI=1S/C16H15N5/c1-2-6-15(21-11-17-10-19-21)13(5-1)20-14-8-7-12-4-3-9-18-16(12)14/h1-6,9-11,14,20H,7-8H2. The van der Waals surface area contributed by atoms with Crippen molar-refractivity contribution >= 4 is 5.69 Å². The van der Waals surface area contributed by atoms with Gasteiger partial charge in [0.15, 0.2) is 0 Å². The van der Waals surface area contributed by atoms with Crippen LogP contribution < -0.4 is 5.32 Å². The number of nitrogens with one attached hydrogen (secondary N) is 1. The van der Waals surface area contributed by atoms with Gasteiger partial charge in [-0.05, 0) is 36.6 Å². The second-order valence-corrected chi connectivity index (χ2v) is 5.14. The van der Waals surface area contributed by atoms with Crippen molar-refractivity contribution in [1.29, 1.82) is 0 Å². The predicted molar refractivity (Wildman–Crippen MR) is 80.3 cm³/mol. The van der Waals surface area contributed by atoms with Crippen molar-refractivity contribution in [3.8, 4) is 5.69 Å². The summed E-state index contributed by atoms with van der Waals surface area (Å²) < 4.78 is 1.77. The average Bonchev–Trinajstić information content (AvgIpc) is 3.18. The molecule has 1 N–H and O–H groups in total. The Labute approximate surface area is 122 Å². The lowest BCUT2D eigenvalue weighted by molar-refractivity contribution is 0.742. The minimum Gasteiger partial charge on any atom is -0.375 e. The van der Waals surface area contributed by atoms with E-state index in [1.54, 1.807) is 17.3 Å². The van der Waals surface area contributed by atoms with Crippen molar-refractivity contribution in [1.82, 2.24) is 19.7 Å². The molecule has 1 aliphatic carbocycles. The molecule has 21 heavy (non-hydrogen) atoms. The Balaban J connectivity index is 1.67. The molecule has 1 atom stereocenters. The van der Waals surface area contributed by atoms with Crippen molar-refractivity contribution in [2.24, 2.45) is 0 Å². The summed E-state index contributed by atoms with van der Waals surface area (Å²) in [6.45, 7) is 0. The summed E-state index contributed by atoms with van der Waals surface area (Å²) in [5.74, 6) is 0. The van der Waals surface area contributed by atoms with Crippen LogP contribution in [0.5, 0.6) is 0 Å². The first-order chi connectivity index (χ1) is 10.4. The van der Waals surface area contributed by atoms with Crippen molar-refractivity contribution in [3.63, 3.8) is 0 Å². The lowest BCUT2D eigenvalue weighted by atomic mass is 10.2. The summed E-state index contributed by atoms with van der Waals surface area (Å²) in [4.78, 5) is 8.55. The molecule has 2 aromatic heterocycles. The van der Waals surface area contributed by atoms with E-state index in [1.807, 2.05) is 30.5 Å². The van der Waals surface area contributed by atoms with Gasteiger partial charge in [0.1, 0.15) is 12.7 Å². The molecule has 1 unspecified atom stereocenters. The molecule has 0 bridgehead atoms. The van der Waals surface area contributed by atoms with E-state index in [2.05, 4.69) is 32.5 Å². The summed E-state index contributed by atoms with van der Waals surface area (Å²) in [5.41, 5.74) is 4.55. The number of aryl methyl sites for hydroxylation is 1. The molecule has 0 fully saturated rings. The Morgan fingerprint density at radius 2 is 2.10 bits per heavy atom. The highest BCUT2D eigenvalue weighted by Crippen LogP contribution is 2.33. The molecule has 0 radical (unpaired) electrons. The first-order valence-electron chi connectivity index (χ1n) is 7.06. The third-order valence-electron chi connectivity index (χ3n) is 3.86. The second kappa shape index (κ2) is 5.01. The third kappa shape index (κ3) is 2.16. The molecule has 4 rings (SSSR count). The smallest absolute Gasteiger partial charge is 0.138 e. The van der Waals surface area contributed by atoms with E-state index in [0.717, 1.165) is 29.9 Å². The molecule has 1 aliphatic rings. The number of fused-ring (bicyclic) bond motifs is 1. The maximum Gasteiger partial charge on any atom is 0.138 e. The van der Waals surface area contributed by atoms with Gasteiger partial charge >= 0.3 is 0 Å². The predicted octanol–water partition coefficient (Wildman–Crippen LogP) is 2.76. The van der Waals surface area contributed by atoms with Gasteiger partial charge in [0, 0.05) is 6.20 Å². The fourth-order valence-corrected chi connectivity index (χ4v) is 2.87. The Bertz CT molecular complexity index is 751. The summed E-state index contributed by atoms with van der Waals surface area (Å²) in [7, 11) is 0. The van der Waals surface area contributed by atoms with Crippen LogP contribution in [-0.4, -0.2) is 19.7 Å². The zero-order valence-electron chi connectivity index (χ0n) is 11.5. The van der Waals surface area contributed by atoms with Gasteiger partial charge in [-0.25, -0.2) is 9.67 Å². The fraction of sp³-hybridized carbons (Fsp3) is 0.188. The van der Waals surface area contributed by atoms with Gasteiger partial charge in [-0.15, -0.1) is 0 Å². The number of anilines is 1. The van der Waals surface area contributed by atoms with Crippen molar-refractivity contribution < 1.29 is 0 Å². The number of nitrogens with zero attached hydrogens (tertiary/aromatic N) is 4. The lowest BCUT2D eigenvalue weighted by Gasteiger charge is -2.17. The SMILES string of the molecule is c1cnc2c(c1)CCC2Nc1ccccc1-n1cncn1. The van der Waals surface area contributed by atoms with Crippen LogP contribution in [0.4, 0.5) is 5.69 Å². The van der Waals surface area contributed by atoms with E-state index in [1.165, 1.54) is 5.56 Å². The van der Waals surface area contributed by atoms with Gasteiger partial charge in [0.05, 0.1) is 23.1 Å². The van der Waals surface area contributed by atoms with Gasteiger partial charge in [0.2, 0.25) is 0 Å². The molecule has 0 aliphatic heterocycles. The summed E-state index contributed by atoms with van der Waals surface area (Å²) in [5, 5.41) is 7.82. The minimum atomic E-state index is 0.255. The number of para-hydroxylation sites is 2. The summed E-state index contributed by atoms with van der Waals surface area (Å²) in [6, 6.07) is 12.5. The molecule has 104 valence electrons. The van der Waals surface area contributed by atoms with Crippen LogP contribution in [0, 0.1) is 0 Å². The first kappa shape index (κ1) is 12.1. The van der Waals surface area contributed by atoms with E-state index in [9.17, 15) is 0 Å². The molecule has 0 saturated carbocycles.